The van der Waals surface area contributed by atoms with Gasteiger partial charge in [-0.05, 0) is 52.7 Å². The van der Waals surface area contributed by atoms with Gasteiger partial charge in [-0.3, -0.25) is 9.58 Å². The molecule has 0 aliphatic carbocycles. The van der Waals surface area contributed by atoms with E-state index in [1.54, 1.807) is 65.1 Å². The van der Waals surface area contributed by atoms with Crippen LogP contribution in [-0.4, -0.2) is 68.6 Å². The summed E-state index contributed by atoms with van der Waals surface area (Å²) in [5.41, 5.74) is 4.68. The van der Waals surface area contributed by atoms with Crippen LogP contribution in [0, 0.1) is 12.5 Å². The van der Waals surface area contributed by atoms with Gasteiger partial charge in [0.1, 0.15) is 35.7 Å². The quantitative estimate of drug-likeness (QED) is 0.421. The Balaban J connectivity index is 1.58. The zero-order valence-corrected chi connectivity index (χ0v) is 22.5. The molecule has 4 rings (SSSR count). The normalized spacial score (nSPS) is 27.1. The Bertz CT molecular complexity index is 1260. The van der Waals surface area contributed by atoms with Crippen LogP contribution in [0.5, 0.6) is 0 Å². The van der Waals surface area contributed by atoms with Gasteiger partial charge in [-0.2, -0.15) is 5.10 Å². The molecule has 0 bridgehead atoms. The first kappa shape index (κ1) is 27.6. The van der Waals surface area contributed by atoms with Gasteiger partial charge in [0.25, 0.3) is 0 Å². The van der Waals surface area contributed by atoms with Crippen molar-refractivity contribution >= 4 is 23.4 Å². The summed E-state index contributed by atoms with van der Waals surface area (Å²) in [4.78, 5) is 33.1. The number of amides is 1. The van der Waals surface area contributed by atoms with Crippen molar-refractivity contribution in [2.24, 2.45) is 5.92 Å². The molecule has 13 heteroatoms. The fraction of sp³-hybridized carbons (Fsp3) is 0.640. The molecule has 4 heterocycles. The summed E-state index contributed by atoms with van der Waals surface area (Å²) in [6.45, 7) is 19.7. The third-order valence-electron chi connectivity index (χ3n) is 6.21. The number of nitrogens with zero attached hydrogens (tertiary/aromatic N) is 4. The van der Waals surface area contributed by atoms with Gasteiger partial charge in [0.2, 0.25) is 0 Å². The summed E-state index contributed by atoms with van der Waals surface area (Å²) >= 11 is 0. The van der Waals surface area contributed by atoms with Crippen LogP contribution in [0.3, 0.4) is 0 Å². The van der Waals surface area contributed by atoms with E-state index in [4.69, 9.17) is 36.0 Å². The van der Waals surface area contributed by atoms with Crippen molar-refractivity contribution in [3.05, 3.63) is 35.6 Å². The molecule has 2 aromatic rings. The lowest BCUT2D eigenvalue weighted by atomic mass is 10.0. The zero-order chi connectivity index (χ0) is 28.0. The number of esters is 1. The number of ether oxygens (including phenoxy) is 5. The van der Waals surface area contributed by atoms with Crippen LogP contribution in [0.1, 0.15) is 60.3 Å². The molecule has 2 aliphatic heterocycles. The maximum atomic E-state index is 13.1. The maximum absolute atomic E-state index is 13.1. The van der Waals surface area contributed by atoms with Crippen molar-refractivity contribution in [1.29, 1.82) is 0 Å². The van der Waals surface area contributed by atoms with Crippen LogP contribution in [0.25, 0.3) is 10.4 Å². The molecule has 3 N–H and O–H groups in total. The van der Waals surface area contributed by atoms with Crippen molar-refractivity contribution in [3.63, 3.8) is 0 Å². The first-order valence-electron chi connectivity index (χ1n) is 12.3. The monoisotopic (exact) mass is 530 g/mol. The Labute approximate surface area is 220 Å². The minimum absolute atomic E-state index is 0.285. The van der Waals surface area contributed by atoms with Crippen LogP contribution in [0.4, 0.5) is 10.6 Å². The van der Waals surface area contributed by atoms with E-state index in [0.717, 1.165) is 0 Å². The number of fused-ring (bicyclic) bond motifs is 2. The van der Waals surface area contributed by atoms with E-state index >= 15 is 0 Å². The van der Waals surface area contributed by atoms with Gasteiger partial charge in [0.05, 0.1) is 5.69 Å². The summed E-state index contributed by atoms with van der Waals surface area (Å²) in [6, 6.07) is 2.51. The number of carbonyl (C=O) groups is 2. The second-order valence-corrected chi connectivity index (χ2v) is 11.2. The first-order valence-corrected chi connectivity index (χ1v) is 12.3. The summed E-state index contributed by atoms with van der Waals surface area (Å²) in [7, 11) is 0. The third kappa shape index (κ3) is 5.24. The highest BCUT2D eigenvalue weighted by atomic mass is 16.8. The van der Waals surface area contributed by atoms with Crippen molar-refractivity contribution < 1.29 is 33.3 Å². The lowest BCUT2D eigenvalue weighted by molar-refractivity contribution is -0.210. The Morgan fingerprint density at radius 1 is 1.26 bits per heavy atom. The van der Waals surface area contributed by atoms with E-state index < -0.39 is 60.1 Å². The smallest absolute Gasteiger partial charge is 0.408 e. The largest absolute Gasteiger partial charge is 0.452 e. The van der Waals surface area contributed by atoms with Crippen molar-refractivity contribution in [1.82, 2.24) is 19.9 Å². The molecule has 2 aliphatic rings. The van der Waals surface area contributed by atoms with Gasteiger partial charge in [-0.1, -0.05) is 13.8 Å². The van der Waals surface area contributed by atoms with Crippen LogP contribution in [0.2, 0.25) is 0 Å². The summed E-state index contributed by atoms with van der Waals surface area (Å²) in [6.07, 6.45) is -1.79. The second kappa shape index (κ2) is 9.68. The van der Waals surface area contributed by atoms with Gasteiger partial charge < -0.3 is 30.0 Å². The Kier molecular flexibility index (Phi) is 7.02. The molecule has 0 aromatic carbocycles. The van der Waals surface area contributed by atoms with Crippen LogP contribution >= 0.6 is 0 Å². The molecule has 206 valence electrons. The Morgan fingerprint density at radius 3 is 2.61 bits per heavy atom. The van der Waals surface area contributed by atoms with Crippen molar-refractivity contribution in [2.75, 3.05) is 12.3 Å². The maximum Gasteiger partial charge on any atom is 0.408 e. The zero-order valence-electron chi connectivity index (χ0n) is 22.5. The lowest BCUT2D eigenvalue weighted by Crippen LogP contribution is -2.50. The minimum Gasteiger partial charge on any atom is -0.452 e. The molecule has 5 atom stereocenters. The molecule has 2 aromatic heterocycles. The number of aromatic nitrogens is 3. The predicted octanol–water partition coefficient (Wildman–Crippen LogP) is 2.61. The van der Waals surface area contributed by atoms with Gasteiger partial charge in [-0.25, -0.2) is 25.7 Å². The van der Waals surface area contributed by atoms with E-state index in [0.29, 0.717) is 11.2 Å². The highest BCUT2D eigenvalue weighted by Crippen LogP contribution is 2.51. The number of nitrogens with two attached hydrogens (primary N) is 1. The molecule has 0 unspecified atom stereocenters. The minimum atomic E-state index is -1.71. The standard InChI is InChI=1S/C25H34N6O7/c1-13(2)16(30-22(33)38-23(3,4)5)21(32)34-11-25(27-8)19-18(35-24(6,7)37-19)17(36-25)14-9-10-15-20(26)28-12-29-31(14)15/h9-10,12-13,16-19H,11H2,1-7H3,(H,30,33)(H2,26,28,29)/t16-,17-,18-,19-,25+/m0/s1. The molecule has 1 amide bonds. The van der Waals surface area contributed by atoms with Crippen LogP contribution in [0.15, 0.2) is 18.5 Å². The topological polar surface area (TPSA) is 153 Å². The lowest BCUT2D eigenvalue weighted by Gasteiger charge is -2.27. The van der Waals surface area contributed by atoms with Crippen molar-refractivity contribution in [3.8, 4) is 0 Å². The Morgan fingerprint density at radius 2 is 1.97 bits per heavy atom. The van der Waals surface area contributed by atoms with E-state index in [9.17, 15) is 9.59 Å². The van der Waals surface area contributed by atoms with Crippen LogP contribution < -0.4 is 11.1 Å². The number of hydrogen-bond acceptors (Lipinski definition) is 10. The number of carbonyl (C=O) groups excluding carboxylic acids is 2. The highest BCUT2D eigenvalue weighted by molar-refractivity contribution is 5.81. The van der Waals surface area contributed by atoms with Gasteiger partial charge in [0.15, 0.2) is 24.3 Å². The first-order chi connectivity index (χ1) is 17.7. The van der Waals surface area contributed by atoms with Gasteiger partial charge >= 0.3 is 17.8 Å². The summed E-state index contributed by atoms with van der Waals surface area (Å²) in [5, 5.41) is 6.83. The molecule has 0 saturated carbocycles. The number of hydrogen-bond donors (Lipinski definition) is 2. The van der Waals surface area contributed by atoms with Gasteiger partial charge in [-0.15, -0.1) is 0 Å². The molecule has 2 fully saturated rings. The molecule has 0 radical (unpaired) electrons. The van der Waals surface area contributed by atoms with Crippen molar-refractivity contribution in [2.45, 2.75) is 89.9 Å². The fourth-order valence-corrected chi connectivity index (χ4v) is 4.57. The predicted molar refractivity (Wildman–Crippen MR) is 133 cm³/mol. The molecular weight excluding hydrogens is 496 g/mol. The van der Waals surface area contributed by atoms with E-state index in [1.165, 1.54) is 6.33 Å². The number of nitrogen functional groups attached to an aromatic ring is 1. The van der Waals surface area contributed by atoms with E-state index in [-0.39, 0.29) is 11.7 Å². The molecule has 2 saturated heterocycles. The summed E-state index contributed by atoms with van der Waals surface area (Å²) in [5.74, 6) is -1.78. The van der Waals surface area contributed by atoms with E-state index in [1.807, 2.05) is 0 Å². The molecule has 38 heavy (non-hydrogen) atoms. The average Bonchev–Trinajstić information content (AvgIpc) is 3.45. The SMILES string of the molecule is [C-]#[N+][C@]1(COC(=O)[C@@H](NC(=O)OC(C)(C)C)C(C)C)O[C@@H](c2ccc3c(N)ncnn23)[C@@H]2OC(C)(C)O[C@@H]21. The number of nitrogens with one attached hydrogen (secondary N) is 1. The summed E-state index contributed by atoms with van der Waals surface area (Å²) < 4.78 is 31.0. The van der Waals surface area contributed by atoms with Gasteiger partial charge in [0, 0.05) is 0 Å². The van der Waals surface area contributed by atoms with E-state index in [2.05, 4.69) is 20.2 Å². The molecular formula is C25H34N6O7. The highest BCUT2D eigenvalue weighted by Gasteiger charge is 2.69. The second-order valence-electron chi connectivity index (χ2n) is 11.2. The molecule has 13 nitrogen and oxygen atoms in total. The number of anilines is 1. The molecule has 0 spiro atoms. The number of alkyl carbamates (subject to hydrolysis) is 1. The Hall–Kier alpha value is -3.47. The number of rotatable bonds is 6. The fourth-order valence-electron chi connectivity index (χ4n) is 4.57. The average molecular weight is 531 g/mol. The van der Waals surface area contributed by atoms with Crippen LogP contribution in [-0.2, 0) is 28.5 Å². The third-order valence-corrected chi connectivity index (χ3v) is 6.21.